The first-order valence-corrected chi connectivity index (χ1v) is 6.87. The molecule has 0 aliphatic carbocycles. The molecule has 0 saturated carbocycles. The van der Waals surface area contributed by atoms with Gasteiger partial charge in [0, 0.05) is 13.1 Å². The van der Waals surface area contributed by atoms with Gasteiger partial charge in [0.25, 0.3) is 0 Å². The van der Waals surface area contributed by atoms with Crippen LogP contribution in [-0.4, -0.2) is 35.2 Å². The zero-order valence-electron chi connectivity index (χ0n) is 11.0. The largest absolute Gasteiger partial charge is 0.373 e. The van der Waals surface area contributed by atoms with Crippen LogP contribution >= 0.6 is 11.8 Å². The highest BCUT2D eigenvalue weighted by Gasteiger charge is 2.20. The van der Waals surface area contributed by atoms with Crippen LogP contribution in [0.15, 0.2) is 11.2 Å². The molecule has 1 rings (SSSR count). The lowest BCUT2D eigenvalue weighted by atomic mass is 10.0. The fourth-order valence-corrected chi connectivity index (χ4v) is 1.82. The number of aromatic nitrogens is 2. The molecule has 0 bridgehead atoms. The quantitative estimate of drug-likeness (QED) is 0.530. The maximum Gasteiger partial charge on any atom is 0.240 e. The Balaban J connectivity index is 2.98. The normalized spacial score (nSPS) is 12.3. The van der Waals surface area contributed by atoms with E-state index in [1.807, 2.05) is 20.1 Å². The number of nitrogens with zero attached hydrogens (tertiary/aromatic N) is 2. The molecular weight excluding hydrogens is 250 g/mol. The van der Waals surface area contributed by atoms with Gasteiger partial charge in [-0.15, -0.1) is 0 Å². The number of hydrogen-bond acceptors (Lipinski definition) is 6. The summed E-state index contributed by atoms with van der Waals surface area (Å²) in [6, 6.07) is 1.30. The minimum Gasteiger partial charge on any atom is -0.373 e. The van der Waals surface area contributed by atoms with Crippen LogP contribution in [0.3, 0.4) is 0 Å². The van der Waals surface area contributed by atoms with Crippen molar-refractivity contribution in [3.8, 4) is 0 Å². The number of carbonyl (C=O) groups is 1. The molecule has 1 aromatic heterocycles. The zero-order chi connectivity index (χ0) is 13.7. The Morgan fingerprint density at radius 2 is 2.00 bits per heavy atom. The molecule has 1 heterocycles. The maximum absolute atomic E-state index is 11.3. The van der Waals surface area contributed by atoms with E-state index in [-0.39, 0.29) is 11.8 Å². The van der Waals surface area contributed by atoms with Gasteiger partial charge in [-0.2, -0.15) is 0 Å². The Bertz CT molecular complexity index is 402. The molecule has 1 unspecified atom stereocenters. The number of carbonyl (C=O) groups excluding carboxylic acids is 1. The van der Waals surface area contributed by atoms with Crippen molar-refractivity contribution in [1.82, 2.24) is 9.97 Å². The molecule has 0 fully saturated rings. The lowest BCUT2D eigenvalue weighted by Gasteiger charge is -2.20. The molecule has 6 nitrogen and oxygen atoms in total. The van der Waals surface area contributed by atoms with E-state index in [4.69, 9.17) is 5.73 Å². The van der Waals surface area contributed by atoms with E-state index in [1.165, 1.54) is 11.8 Å². The van der Waals surface area contributed by atoms with Gasteiger partial charge in [-0.1, -0.05) is 25.6 Å². The van der Waals surface area contributed by atoms with Crippen molar-refractivity contribution in [3.63, 3.8) is 0 Å². The average molecular weight is 269 g/mol. The van der Waals surface area contributed by atoms with E-state index in [9.17, 15) is 4.79 Å². The lowest BCUT2D eigenvalue weighted by molar-refractivity contribution is -0.119. The second kappa shape index (κ2) is 6.44. The number of hydrogen-bond donors (Lipinski definition) is 3. The first-order valence-electron chi connectivity index (χ1n) is 5.64. The van der Waals surface area contributed by atoms with Crippen LogP contribution in [0.5, 0.6) is 0 Å². The highest BCUT2D eigenvalue weighted by Crippen LogP contribution is 2.18. The predicted molar refractivity (Wildman–Crippen MR) is 74.8 cm³/mol. The molecule has 0 aromatic carbocycles. The van der Waals surface area contributed by atoms with Gasteiger partial charge in [0.1, 0.15) is 17.7 Å². The van der Waals surface area contributed by atoms with E-state index in [1.54, 1.807) is 13.1 Å². The minimum absolute atomic E-state index is 0.0910. The average Bonchev–Trinajstić information content (AvgIpc) is 2.34. The molecule has 18 heavy (non-hydrogen) atoms. The summed E-state index contributed by atoms with van der Waals surface area (Å²) in [6.07, 6.45) is 1.90. The van der Waals surface area contributed by atoms with Crippen LogP contribution in [0.1, 0.15) is 13.8 Å². The fourth-order valence-electron chi connectivity index (χ4n) is 1.44. The molecule has 1 amide bonds. The molecule has 0 spiro atoms. The SMILES string of the molecule is CNc1cc(NC(C(N)=O)C(C)C)nc(SC)n1. The van der Waals surface area contributed by atoms with Crippen LogP contribution in [0.25, 0.3) is 0 Å². The monoisotopic (exact) mass is 269 g/mol. The summed E-state index contributed by atoms with van der Waals surface area (Å²) in [5.74, 6) is 0.994. The first kappa shape index (κ1) is 14.6. The molecule has 4 N–H and O–H groups in total. The van der Waals surface area contributed by atoms with Crippen LogP contribution in [0.4, 0.5) is 11.6 Å². The van der Waals surface area contributed by atoms with E-state index < -0.39 is 6.04 Å². The highest BCUT2D eigenvalue weighted by atomic mass is 32.2. The third-order valence-electron chi connectivity index (χ3n) is 2.42. The molecule has 0 saturated heterocycles. The molecule has 7 heteroatoms. The highest BCUT2D eigenvalue weighted by molar-refractivity contribution is 7.98. The smallest absolute Gasteiger partial charge is 0.240 e. The molecule has 1 atom stereocenters. The molecular formula is C11H19N5OS. The van der Waals surface area contributed by atoms with Crippen molar-refractivity contribution in [2.75, 3.05) is 23.9 Å². The number of primary amides is 1. The zero-order valence-corrected chi connectivity index (χ0v) is 11.8. The molecule has 0 radical (unpaired) electrons. The Labute approximate surface area is 111 Å². The topological polar surface area (TPSA) is 92.9 Å². The van der Waals surface area contributed by atoms with Gasteiger partial charge in [0.2, 0.25) is 5.91 Å². The molecule has 0 aliphatic rings. The van der Waals surface area contributed by atoms with Gasteiger partial charge in [-0.25, -0.2) is 9.97 Å². The van der Waals surface area contributed by atoms with E-state index in [0.29, 0.717) is 16.8 Å². The summed E-state index contributed by atoms with van der Waals surface area (Å²) in [5, 5.41) is 6.64. The van der Waals surface area contributed by atoms with Gasteiger partial charge < -0.3 is 16.4 Å². The molecule has 1 aromatic rings. The third kappa shape index (κ3) is 3.76. The summed E-state index contributed by atoms with van der Waals surface area (Å²) in [5.41, 5.74) is 5.36. The Morgan fingerprint density at radius 3 is 2.44 bits per heavy atom. The molecule has 100 valence electrons. The van der Waals surface area contributed by atoms with E-state index in [2.05, 4.69) is 20.6 Å². The number of amides is 1. The number of nitrogens with one attached hydrogen (secondary N) is 2. The van der Waals surface area contributed by atoms with Gasteiger partial charge in [0.15, 0.2) is 5.16 Å². The summed E-state index contributed by atoms with van der Waals surface area (Å²) >= 11 is 1.44. The fraction of sp³-hybridized carbons (Fsp3) is 0.545. The minimum atomic E-state index is -0.445. The van der Waals surface area contributed by atoms with E-state index >= 15 is 0 Å². The van der Waals surface area contributed by atoms with Gasteiger partial charge >= 0.3 is 0 Å². The molecule has 0 aliphatic heterocycles. The van der Waals surface area contributed by atoms with Crippen molar-refractivity contribution < 1.29 is 4.79 Å². The van der Waals surface area contributed by atoms with Crippen LogP contribution in [0.2, 0.25) is 0 Å². The van der Waals surface area contributed by atoms with Gasteiger partial charge in [-0.05, 0) is 12.2 Å². The maximum atomic E-state index is 11.3. The Kier molecular flexibility index (Phi) is 5.21. The summed E-state index contributed by atoms with van der Waals surface area (Å²) in [4.78, 5) is 19.9. The lowest BCUT2D eigenvalue weighted by Crippen LogP contribution is -2.39. The van der Waals surface area contributed by atoms with Crippen molar-refractivity contribution in [1.29, 1.82) is 0 Å². The van der Waals surface area contributed by atoms with Crippen molar-refractivity contribution in [2.24, 2.45) is 11.7 Å². The first-order chi connectivity index (χ1) is 8.47. The number of nitrogens with two attached hydrogens (primary N) is 1. The predicted octanol–water partition coefficient (Wildman–Crippen LogP) is 1.16. The summed E-state index contributed by atoms with van der Waals surface area (Å²) < 4.78 is 0. The van der Waals surface area contributed by atoms with Gasteiger partial charge in [-0.3, -0.25) is 4.79 Å². The van der Waals surface area contributed by atoms with Crippen molar-refractivity contribution in [3.05, 3.63) is 6.07 Å². The number of rotatable bonds is 6. The standard InChI is InChI=1S/C11H19N5OS/c1-6(2)9(10(12)17)14-8-5-7(13-3)15-11(16-8)18-4/h5-6,9H,1-4H3,(H2,12,17)(H2,13,14,15,16). The van der Waals surface area contributed by atoms with Crippen LogP contribution in [-0.2, 0) is 4.79 Å². The summed E-state index contributed by atoms with van der Waals surface area (Å²) in [7, 11) is 1.78. The second-order valence-corrected chi connectivity index (χ2v) is 4.92. The van der Waals surface area contributed by atoms with Crippen molar-refractivity contribution in [2.45, 2.75) is 25.0 Å². The summed E-state index contributed by atoms with van der Waals surface area (Å²) in [6.45, 7) is 3.86. The number of anilines is 2. The Morgan fingerprint density at radius 1 is 1.39 bits per heavy atom. The number of thioether (sulfide) groups is 1. The van der Waals surface area contributed by atoms with Crippen LogP contribution in [0, 0.1) is 5.92 Å². The van der Waals surface area contributed by atoms with Crippen molar-refractivity contribution >= 4 is 29.3 Å². The van der Waals surface area contributed by atoms with Gasteiger partial charge in [0.05, 0.1) is 0 Å². The Hall–Kier alpha value is -1.50. The van der Waals surface area contributed by atoms with E-state index in [0.717, 1.165) is 0 Å². The third-order valence-corrected chi connectivity index (χ3v) is 2.97. The second-order valence-electron chi connectivity index (χ2n) is 4.14. The van der Waals surface area contributed by atoms with Crippen LogP contribution < -0.4 is 16.4 Å².